The number of thiophene rings is 2. The smallest absolute Gasteiger partial charge is 0.369 e. The molecule has 0 N–H and O–H groups in total. The average molecular weight is 442 g/mol. The predicted molar refractivity (Wildman–Crippen MR) is 115 cm³/mol. The first-order valence-electron chi connectivity index (χ1n) is 9.14. The Morgan fingerprint density at radius 3 is 2.57 bits per heavy atom. The zero-order valence-corrected chi connectivity index (χ0v) is 17.8. The summed E-state index contributed by atoms with van der Waals surface area (Å²) in [7, 11) is 1.60. The lowest BCUT2D eigenvalue weighted by atomic mass is 10.2. The van der Waals surface area contributed by atoms with E-state index in [4.69, 9.17) is 4.74 Å². The first kappa shape index (κ1) is 20.0. The summed E-state index contributed by atoms with van der Waals surface area (Å²) in [5.41, 5.74) is 0.443. The van der Waals surface area contributed by atoms with Crippen molar-refractivity contribution in [3.8, 4) is 10.8 Å². The van der Waals surface area contributed by atoms with E-state index in [-0.39, 0.29) is 12.5 Å². The molecular formula is C20H19N5O3S2. The minimum atomic E-state index is -0.445. The summed E-state index contributed by atoms with van der Waals surface area (Å²) in [6, 6.07) is 15.1. The Morgan fingerprint density at radius 2 is 1.83 bits per heavy atom. The van der Waals surface area contributed by atoms with Crippen LogP contribution in [0, 0.1) is 0 Å². The Labute approximate surface area is 180 Å². The molecule has 0 aliphatic rings. The van der Waals surface area contributed by atoms with Crippen LogP contribution < -0.4 is 10.4 Å². The van der Waals surface area contributed by atoms with Crippen molar-refractivity contribution >= 4 is 28.6 Å². The van der Waals surface area contributed by atoms with E-state index in [1.54, 1.807) is 29.4 Å². The van der Waals surface area contributed by atoms with Gasteiger partial charge in [0.1, 0.15) is 17.3 Å². The standard InChI is InChI=1S/C20H19N5O3S2/c1-28-17-8-3-2-6-15(17)12-23(13-16-7-4-10-29-16)18(26)14-24-20(27)25(22-21-24)19-9-5-11-30-19/h2-11H,12-14H2,1H3. The van der Waals surface area contributed by atoms with Crippen molar-refractivity contribution in [1.29, 1.82) is 0 Å². The molecule has 1 amide bonds. The summed E-state index contributed by atoms with van der Waals surface area (Å²) in [6.07, 6.45) is 0. The molecule has 4 rings (SSSR count). The lowest BCUT2D eigenvalue weighted by molar-refractivity contribution is -0.133. The van der Waals surface area contributed by atoms with Crippen molar-refractivity contribution in [2.75, 3.05) is 7.11 Å². The van der Waals surface area contributed by atoms with Gasteiger partial charge in [0.25, 0.3) is 0 Å². The fraction of sp³-hybridized carbons (Fsp3) is 0.200. The Bertz CT molecular complexity index is 1170. The van der Waals surface area contributed by atoms with Crippen LogP contribution >= 0.6 is 22.7 Å². The highest BCUT2D eigenvalue weighted by atomic mass is 32.1. The number of ether oxygens (including phenoxy) is 1. The molecule has 1 aromatic carbocycles. The molecule has 154 valence electrons. The number of carbonyl (C=O) groups excluding carboxylic acids is 1. The van der Waals surface area contributed by atoms with Gasteiger partial charge in [0.05, 0.1) is 13.7 Å². The first-order chi connectivity index (χ1) is 14.7. The van der Waals surface area contributed by atoms with Gasteiger partial charge >= 0.3 is 5.69 Å². The summed E-state index contributed by atoms with van der Waals surface area (Å²) < 4.78 is 7.71. The maximum Gasteiger partial charge on any atom is 0.369 e. The molecule has 8 nitrogen and oxygen atoms in total. The van der Waals surface area contributed by atoms with Crippen molar-refractivity contribution in [1.82, 2.24) is 24.7 Å². The summed E-state index contributed by atoms with van der Waals surface area (Å²) in [6.45, 7) is 0.599. The molecule has 0 spiro atoms. The first-order valence-corrected chi connectivity index (χ1v) is 10.9. The third-order valence-corrected chi connectivity index (χ3v) is 6.18. The maximum absolute atomic E-state index is 13.1. The monoisotopic (exact) mass is 441 g/mol. The summed E-state index contributed by atoms with van der Waals surface area (Å²) in [5, 5.41) is 12.3. The molecule has 3 aromatic heterocycles. The van der Waals surface area contributed by atoms with E-state index < -0.39 is 5.69 Å². The van der Waals surface area contributed by atoms with E-state index >= 15 is 0 Å². The number of rotatable bonds is 8. The Balaban J connectivity index is 1.57. The van der Waals surface area contributed by atoms with Gasteiger partial charge in [-0.2, -0.15) is 9.36 Å². The fourth-order valence-electron chi connectivity index (χ4n) is 2.99. The van der Waals surface area contributed by atoms with Gasteiger partial charge in [-0.05, 0) is 45.5 Å². The van der Waals surface area contributed by atoms with Gasteiger partial charge in [0.15, 0.2) is 0 Å². The Hall–Kier alpha value is -3.24. The highest BCUT2D eigenvalue weighted by Gasteiger charge is 2.20. The molecule has 0 radical (unpaired) electrons. The molecule has 0 unspecified atom stereocenters. The summed E-state index contributed by atoms with van der Waals surface area (Å²) in [4.78, 5) is 28.5. The number of aromatic nitrogens is 4. The number of hydrogen-bond acceptors (Lipinski definition) is 7. The zero-order chi connectivity index (χ0) is 20.9. The van der Waals surface area contributed by atoms with E-state index in [0.29, 0.717) is 23.8 Å². The summed E-state index contributed by atoms with van der Waals surface area (Å²) in [5.74, 6) is 0.483. The van der Waals surface area contributed by atoms with Crippen molar-refractivity contribution in [2.24, 2.45) is 0 Å². The highest BCUT2D eigenvalue weighted by molar-refractivity contribution is 7.12. The summed E-state index contributed by atoms with van der Waals surface area (Å²) >= 11 is 2.95. The maximum atomic E-state index is 13.1. The van der Waals surface area contributed by atoms with Gasteiger partial charge in [-0.3, -0.25) is 4.79 Å². The third kappa shape index (κ3) is 4.34. The quantitative estimate of drug-likeness (QED) is 0.420. The zero-order valence-electron chi connectivity index (χ0n) is 16.2. The Kier molecular flexibility index (Phi) is 6.05. The molecular weight excluding hydrogens is 422 g/mol. The Morgan fingerprint density at radius 1 is 1.03 bits per heavy atom. The van der Waals surface area contributed by atoms with Crippen LogP contribution in [0.2, 0.25) is 0 Å². The van der Waals surface area contributed by atoms with Gasteiger partial charge in [-0.15, -0.1) is 22.7 Å². The number of hydrogen-bond donors (Lipinski definition) is 0. The second-order valence-electron chi connectivity index (χ2n) is 6.42. The third-order valence-electron chi connectivity index (χ3n) is 4.47. The largest absolute Gasteiger partial charge is 0.496 e. The molecule has 0 aliphatic heterocycles. The van der Waals surface area contributed by atoms with Crippen LogP contribution in [0.3, 0.4) is 0 Å². The van der Waals surface area contributed by atoms with Crippen LogP contribution in [0.25, 0.3) is 5.00 Å². The normalized spacial score (nSPS) is 10.8. The number of methoxy groups -OCH3 is 1. The molecule has 0 atom stereocenters. The van der Waals surface area contributed by atoms with Crippen LogP contribution in [0.4, 0.5) is 0 Å². The molecule has 30 heavy (non-hydrogen) atoms. The van der Waals surface area contributed by atoms with Gasteiger partial charge < -0.3 is 9.64 Å². The van der Waals surface area contributed by atoms with E-state index in [9.17, 15) is 9.59 Å². The van der Waals surface area contributed by atoms with Crippen molar-refractivity contribution in [3.63, 3.8) is 0 Å². The number of nitrogens with zero attached hydrogens (tertiary/aromatic N) is 5. The lowest BCUT2D eigenvalue weighted by Crippen LogP contribution is -2.36. The van der Waals surface area contributed by atoms with Gasteiger partial charge in [-0.25, -0.2) is 4.79 Å². The lowest BCUT2D eigenvalue weighted by Gasteiger charge is -2.23. The number of tetrazole rings is 1. The highest BCUT2D eigenvalue weighted by Crippen LogP contribution is 2.21. The number of benzene rings is 1. The second kappa shape index (κ2) is 9.06. The number of carbonyl (C=O) groups is 1. The molecule has 0 saturated heterocycles. The SMILES string of the molecule is COc1ccccc1CN(Cc1cccs1)C(=O)Cn1nnn(-c2cccs2)c1=O. The predicted octanol–water partition coefficient (Wildman–Crippen LogP) is 2.79. The van der Waals surface area contributed by atoms with Crippen LogP contribution in [-0.4, -0.2) is 37.7 Å². The van der Waals surface area contributed by atoms with E-state index in [1.165, 1.54) is 16.0 Å². The van der Waals surface area contributed by atoms with E-state index in [0.717, 1.165) is 15.1 Å². The minimum Gasteiger partial charge on any atom is -0.496 e. The van der Waals surface area contributed by atoms with Crippen LogP contribution in [-0.2, 0) is 24.4 Å². The van der Waals surface area contributed by atoms with Gasteiger partial charge in [-0.1, -0.05) is 24.3 Å². The van der Waals surface area contributed by atoms with Crippen LogP contribution in [0.5, 0.6) is 5.75 Å². The van der Waals surface area contributed by atoms with Crippen molar-refractivity contribution < 1.29 is 9.53 Å². The molecule has 4 aromatic rings. The van der Waals surface area contributed by atoms with E-state index in [1.807, 2.05) is 53.2 Å². The molecule has 0 fully saturated rings. The molecule has 0 aliphatic carbocycles. The molecule has 3 heterocycles. The topological polar surface area (TPSA) is 82.2 Å². The number of amides is 1. The number of para-hydroxylation sites is 1. The van der Waals surface area contributed by atoms with Gasteiger partial charge in [0, 0.05) is 17.0 Å². The molecule has 0 bridgehead atoms. The molecule has 10 heteroatoms. The van der Waals surface area contributed by atoms with E-state index in [2.05, 4.69) is 10.4 Å². The van der Waals surface area contributed by atoms with Crippen molar-refractivity contribution in [2.45, 2.75) is 19.6 Å². The molecule has 0 saturated carbocycles. The van der Waals surface area contributed by atoms with Crippen LogP contribution in [0.15, 0.2) is 64.1 Å². The second-order valence-corrected chi connectivity index (χ2v) is 8.38. The minimum absolute atomic E-state index is 0.190. The van der Waals surface area contributed by atoms with Gasteiger partial charge in [0.2, 0.25) is 5.91 Å². The van der Waals surface area contributed by atoms with Crippen molar-refractivity contribution in [3.05, 3.63) is 80.2 Å². The average Bonchev–Trinajstić information content (AvgIpc) is 3.51. The van der Waals surface area contributed by atoms with Crippen LogP contribution in [0.1, 0.15) is 10.4 Å². The fourth-order valence-corrected chi connectivity index (χ4v) is 4.38.